The van der Waals surface area contributed by atoms with Gasteiger partial charge in [0.2, 0.25) is 5.91 Å². The van der Waals surface area contributed by atoms with E-state index in [1.165, 1.54) is 0 Å². The first-order chi connectivity index (χ1) is 12.8. The topological polar surface area (TPSA) is 57.8 Å². The summed E-state index contributed by atoms with van der Waals surface area (Å²) in [5, 5.41) is 4.22. The second kappa shape index (κ2) is 7.23. The van der Waals surface area contributed by atoms with E-state index in [0.29, 0.717) is 6.42 Å². The van der Waals surface area contributed by atoms with Crippen molar-refractivity contribution in [3.8, 4) is 0 Å². The minimum absolute atomic E-state index is 0.0331. The molecule has 4 aromatic rings. The van der Waals surface area contributed by atoms with Crippen LogP contribution in [0.5, 0.6) is 0 Å². The maximum absolute atomic E-state index is 12.8. The second-order valence-corrected chi connectivity index (χ2v) is 6.20. The van der Waals surface area contributed by atoms with Crippen LogP contribution in [0, 0.1) is 0 Å². The van der Waals surface area contributed by atoms with Gasteiger partial charge >= 0.3 is 0 Å². The third-order valence-electron chi connectivity index (χ3n) is 4.45. The Morgan fingerprint density at radius 2 is 1.73 bits per heavy atom. The number of carbonyl (C=O) groups excluding carboxylic acids is 1. The van der Waals surface area contributed by atoms with Gasteiger partial charge in [0.1, 0.15) is 0 Å². The fraction of sp³-hybridized carbons (Fsp3) is 0.0909. The van der Waals surface area contributed by atoms with Gasteiger partial charge in [-0.05, 0) is 29.3 Å². The molecule has 4 nitrogen and oxygen atoms in total. The van der Waals surface area contributed by atoms with E-state index in [1.54, 1.807) is 6.20 Å². The molecule has 0 bridgehead atoms. The number of aromatic amines is 1. The van der Waals surface area contributed by atoms with Gasteiger partial charge in [0.25, 0.3) is 0 Å². The lowest BCUT2D eigenvalue weighted by Crippen LogP contribution is -2.31. The number of hydrogen-bond acceptors (Lipinski definition) is 2. The van der Waals surface area contributed by atoms with Crippen molar-refractivity contribution < 1.29 is 4.79 Å². The normalized spacial score (nSPS) is 12.0. The van der Waals surface area contributed by atoms with Gasteiger partial charge in [-0.15, -0.1) is 0 Å². The quantitative estimate of drug-likeness (QED) is 0.576. The summed E-state index contributed by atoms with van der Waals surface area (Å²) >= 11 is 0. The van der Waals surface area contributed by atoms with Crippen LogP contribution in [0.4, 0.5) is 0 Å². The van der Waals surface area contributed by atoms with Gasteiger partial charge < -0.3 is 10.3 Å². The van der Waals surface area contributed by atoms with Crippen molar-refractivity contribution in [2.24, 2.45) is 0 Å². The van der Waals surface area contributed by atoms with Crippen LogP contribution in [-0.4, -0.2) is 15.9 Å². The monoisotopic (exact) mass is 341 g/mol. The number of pyridine rings is 1. The summed E-state index contributed by atoms with van der Waals surface area (Å²) in [5.74, 6) is -0.0331. The minimum atomic E-state index is -0.268. The molecule has 2 N–H and O–H groups in total. The largest absolute Gasteiger partial charge is 0.361 e. The molecule has 1 amide bonds. The Bertz CT molecular complexity index is 970. The molecule has 0 spiro atoms. The number of nitrogens with zero attached hydrogens (tertiary/aromatic N) is 1. The molecule has 2 heterocycles. The molecule has 26 heavy (non-hydrogen) atoms. The first-order valence-electron chi connectivity index (χ1n) is 8.61. The standard InChI is InChI=1S/C22H19N3O/c26-21(14-17-15-24-19-11-5-4-10-18(17)19)25-22(16-8-2-1-3-9-16)20-12-6-7-13-23-20/h1-13,15,22,24H,14H2,(H,25,26)/t22-/m1/s1. The third kappa shape index (κ3) is 3.35. The third-order valence-corrected chi connectivity index (χ3v) is 4.45. The lowest BCUT2D eigenvalue weighted by molar-refractivity contribution is -0.120. The molecule has 0 fully saturated rings. The number of amides is 1. The zero-order valence-electron chi connectivity index (χ0n) is 14.2. The highest BCUT2D eigenvalue weighted by Crippen LogP contribution is 2.22. The van der Waals surface area contributed by atoms with Crippen molar-refractivity contribution in [1.29, 1.82) is 0 Å². The van der Waals surface area contributed by atoms with Gasteiger partial charge in [0, 0.05) is 23.3 Å². The number of H-pyrrole nitrogens is 1. The van der Waals surface area contributed by atoms with Gasteiger partial charge in [-0.3, -0.25) is 9.78 Å². The SMILES string of the molecule is O=C(Cc1c[nH]c2ccccc12)N[C@H](c1ccccc1)c1ccccn1. The first kappa shape index (κ1) is 16.1. The fourth-order valence-electron chi connectivity index (χ4n) is 3.18. The number of benzene rings is 2. The Morgan fingerprint density at radius 3 is 2.54 bits per heavy atom. The van der Waals surface area contributed by atoms with Gasteiger partial charge in [-0.25, -0.2) is 0 Å². The van der Waals surface area contributed by atoms with Crippen molar-refractivity contribution in [2.75, 3.05) is 0 Å². The van der Waals surface area contributed by atoms with Gasteiger partial charge in [-0.1, -0.05) is 54.6 Å². The van der Waals surface area contributed by atoms with Crippen LogP contribution in [0.15, 0.2) is 85.2 Å². The van der Waals surface area contributed by atoms with E-state index in [1.807, 2.05) is 79.0 Å². The average molecular weight is 341 g/mol. The number of nitrogens with one attached hydrogen (secondary N) is 2. The van der Waals surface area contributed by atoms with Crippen molar-refractivity contribution in [3.05, 3.63) is 102 Å². The summed E-state index contributed by atoms with van der Waals surface area (Å²) in [5.41, 5.74) is 3.87. The highest BCUT2D eigenvalue weighted by molar-refractivity contribution is 5.89. The lowest BCUT2D eigenvalue weighted by atomic mass is 10.0. The highest BCUT2D eigenvalue weighted by Gasteiger charge is 2.18. The highest BCUT2D eigenvalue weighted by atomic mass is 16.1. The van der Waals surface area contributed by atoms with Gasteiger partial charge in [0.05, 0.1) is 18.2 Å². The first-order valence-corrected chi connectivity index (χ1v) is 8.61. The van der Waals surface area contributed by atoms with E-state index in [2.05, 4.69) is 15.3 Å². The number of aromatic nitrogens is 2. The molecular weight excluding hydrogens is 322 g/mol. The molecule has 4 rings (SSSR count). The summed E-state index contributed by atoms with van der Waals surface area (Å²) in [7, 11) is 0. The molecule has 128 valence electrons. The van der Waals surface area contributed by atoms with Crippen LogP contribution in [0.25, 0.3) is 10.9 Å². The fourth-order valence-corrected chi connectivity index (χ4v) is 3.18. The van der Waals surface area contributed by atoms with Crippen molar-refractivity contribution >= 4 is 16.8 Å². The Labute approximate surface area is 151 Å². The van der Waals surface area contributed by atoms with Crippen LogP contribution < -0.4 is 5.32 Å². The Balaban J connectivity index is 1.58. The number of carbonyl (C=O) groups is 1. The zero-order valence-corrected chi connectivity index (χ0v) is 14.2. The molecule has 0 saturated carbocycles. The van der Waals surface area contributed by atoms with E-state index in [0.717, 1.165) is 27.7 Å². The molecule has 0 aliphatic carbocycles. The van der Waals surface area contributed by atoms with Crippen LogP contribution >= 0.6 is 0 Å². The van der Waals surface area contributed by atoms with Gasteiger partial charge in [0.15, 0.2) is 0 Å². The van der Waals surface area contributed by atoms with E-state index < -0.39 is 0 Å². The summed E-state index contributed by atoms with van der Waals surface area (Å²) in [6.07, 6.45) is 3.97. The summed E-state index contributed by atoms with van der Waals surface area (Å²) in [6.45, 7) is 0. The molecule has 2 aromatic heterocycles. The molecule has 4 heteroatoms. The van der Waals surface area contributed by atoms with Crippen LogP contribution in [0.3, 0.4) is 0 Å². The predicted molar refractivity (Wildman–Crippen MR) is 103 cm³/mol. The van der Waals surface area contributed by atoms with Crippen molar-refractivity contribution in [3.63, 3.8) is 0 Å². The van der Waals surface area contributed by atoms with Crippen molar-refractivity contribution in [2.45, 2.75) is 12.5 Å². The van der Waals surface area contributed by atoms with E-state index in [-0.39, 0.29) is 11.9 Å². The molecule has 0 saturated heterocycles. The molecule has 0 unspecified atom stereocenters. The Morgan fingerprint density at radius 1 is 0.962 bits per heavy atom. The zero-order chi connectivity index (χ0) is 17.8. The summed E-state index contributed by atoms with van der Waals surface area (Å²) < 4.78 is 0. The molecule has 1 atom stereocenters. The lowest BCUT2D eigenvalue weighted by Gasteiger charge is -2.19. The summed E-state index contributed by atoms with van der Waals surface area (Å²) in [4.78, 5) is 20.4. The Hall–Kier alpha value is -3.40. The van der Waals surface area contributed by atoms with E-state index >= 15 is 0 Å². The second-order valence-electron chi connectivity index (χ2n) is 6.20. The molecule has 0 radical (unpaired) electrons. The maximum atomic E-state index is 12.8. The van der Waals surface area contributed by atoms with Crippen LogP contribution in [0.1, 0.15) is 22.9 Å². The number of rotatable bonds is 5. The van der Waals surface area contributed by atoms with E-state index in [9.17, 15) is 4.79 Å². The van der Waals surface area contributed by atoms with Gasteiger partial charge in [-0.2, -0.15) is 0 Å². The number of fused-ring (bicyclic) bond motifs is 1. The molecule has 0 aliphatic rings. The summed E-state index contributed by atoms with van der Waals surface area (Å²) in [6, 6.07) is 23.4. The molecular formula is C22H19N3O. The Kier molecular flexibility index (Phi) is 4.48. The van der Waals surface area contributed by atoms with Crippen LogP contribution in [-0.2, 0) is 11.2 Å². The average Bonchev–Trinajstić information content (AvgIpc) is 3.10. The predicted octanol–water partition coefficient (Wildman–Crippen LogP) is 4.01. The number of hydrogen-bond donors (Lipinski definition) is 2. The van der Waals surface area contributed by atoms with Crippen LogP contribution in [0.2, 0.25) is 0 Å². The minimum Gasteiger partial charge on any atom is -0.361 e. The smallest absolute Gasteiger partial charge is 0.225 e. The van der Waals surface area contributed by atoms with Crippen molar-refractivity contribution in [1.82, 2.24) is 15.3 Å². The number of para-hydroxylation sites is 1. The molecule has 2 aromatic carbocycles. The maximum Gasteiger partial charge on any atom is 0.225 e. The molecule has 0 aliphatic heterocycles. The van der Waals surface area contributed by atoms with E-state index in [4.69, 9.17) is 0 Å².